The van der Waals surface area contributed by atoms with Gasteiger partial charge in [-0.2, -0.15) is 0 Å². The zero-order valence-electron chi connectivity index (χ0n) is 16.2. The molecule has 0 aromatic heterocycles. The lowest BCUT2D eigenvalue weighted by Crippen LogP contribution is -2.39. The minimum atomic E-state index is -0.0819. The van der Waals surface area contributed by atoms with Gasteiger partial charge in [0, 0.05) is 38.9 Å². The maximum atomic E-state index is 12.8. The molecule has 1 aliphatic rings. The number of carbonyl (C=O) groups is 2. The van der Waals surface area contributed by atoms with Crippen LogP contribution in [-0.2, 0) is 14.3 Å². The Labute approximate surface area is 159 Å². The Morgan fingerprint density at radius 1 is 0.926 bits per heavy atom. The third-order valence-corrected chi connectivity index (χ3v) is 4.42. The van der Waals surface area contributed by atoms with Crippen LogP contribution in [0.2, 0.25) is 0 Å². The zero-order valence-corrected chi connectivity index (χ0v) is 16.2. The highest BCUT2D eigenvalue weighted by Crippen LogP contribution is 2.28. The Kier molecular flexibility index (Phi) is 8.35. The van der Waals surface area contributed by atoms with Crippen LogP contribution in [0.1, 0.15) is 16.8 Å². The molecule has 2 rings (SSSR count). The van der Waals surface area contributed by atoms with Gasteiger partial charge in [0.2, 0.25) is 5.91 Å². The van der Waals surface area contributed by atoms with Gasteiger partial charge in [0.15, 0.2) is 11.5 Å². The number of rotatable bonds is 8. The number of benzene rings is 1. The van der Waals surface area contributed by atoms with Crippen molar-refractivity contribution in [3.8, 4) is 11.5 Å². The molecule has 150 valence electrons. The van der Waals surface area contributed by atoms with Crippen LogP contribution < -0.4 is 9.47 Å². The summed E-state index contributed by atoms with van der Waals surface area (Å²) in [7, 11) is 4.68. The van der Waals surface area contributed by atoms with Gasteiger partial charge in [-0.05, 0) is 24.6 Å². The number of ether oxygens (including phenoxy) is 4. The Morgan fingerprint density at radius 3 is 2.33 bits per heavy atom. The molecule has 0 spiro atoms. The van der Waals surface area contributed by atoms with Gasteiger partial charge in [0.1, 0.15) is 6.61 Å². The van der Waals surface area contributed by atoms with Crippen molar-refractivity contribution in [3.05, 3.63) is 23.8 Å². The van der Waals surface area contributed by atoms with E-state index in [-0.39, 0.29) is 18.4 Å². The van der Waals surface area contributed by atoms with Crippen molar-refractivity contribution in [1.82, 2.24) is 9.80 Å². The van der Waals surface area contributed by atoms with Gasteiger partial charge in [-0.15, -0.1) is 0 Å². The van der Waals surface area contributed by atoms with Crippen LogP contribution in [0.15, 0.2) is 18.2 Å². The van der Waals surface area contributed by atoms with Crippen LogP contribution in [0.5, 0.6) is 11.5 Å². The predicted molar refractivity (Wildman–Crippen MR) is 99.3 cm³/mol. The van der Waals surface area contributed by atoms with Gasteiger partial charge >= 0.3 is 0 Å². The summed E-state index contributed by atoms with van der Waals surface area (Å²) in [6.45, 7) is 3.07. The molecule has 1 heterocycles. The first-order chi connectivity index (χ1) is 13.1. The topological polar surface area (TPSA) is 77.5 Å². The van der Waals surface area contributed by atoms with Crippen molar-refractivity contribution >= 4 is 11.8 Å². The van der Waals surface area contributed by atoms with Gasteiger partial charge < -0.3 is 28.7 Å². The lowest BCUT2D eigenvalue weighted by Gasteiger charge is -2.22. The van der Waals surface area contributed by atoms with E-state index in [4.69, 9.17) is 18.9 Å². The molecule has 2 amide bonds. The standard InChI is InChI=1S/C19H28N2O6/c1-24-11-12-27-14-18(22)20-7-4-8-21(10-9-20)19(23)15-5-6-16(25-2)17(13-15)26-3/h5-6,13H,4,7-12,14H2,1-3H3. The lowest BCUT2D eigenvalue weighted by molar-refractivity contribution is -0.136. The quantitative estimate of drug-likeness (QED) is 0.627. The van der Waals surface area contributed by atoms with Crippen LogP contribution in [0.4, 0.5) is 0 Å². The second kappa shape index (κ2) is 10.7. The molecule has 8 heteroatoms. The van der Waals surface area contributed by atoms with E-state index < -0.39 is 0 Å². The Bertz CT molecular complexity index is 637. The summed E-state index contributed by atoms with van der Waals surface area (Å²) in [5.74, 6) is 0.950. The smallest absolute Gasteiger partial charge is 0.254 e. The van der Waals surface area contributed by atoms with E-state index in [9.17, 15) is 9.59 Å². The SMILES string of the molecule is COCCOCC(=O)N1CCCN(C(=O)c2ccc(OC)c(OC)c2)CC1. The molecule has 0 unspecified atom stereocenters. The number of hydrogen-bond acceptors (Lipinski definition) is 6. The molecule has 1 aromatic carbocycles. The van der Waals surface area contributed by atoms with E-state index >= 15 is 0 Å². The van der Waals surface area contributed by atoms with E-state index in [0.717, 1.165) is 6.42 Å². The van der Waals surface area contributed by atoms with Crippen molar-refractivity contribution in [2.24, 2.45) is 0 Å². The molecule has 0 radical (unpaired) electrons. The van der Waals surface area contributed by atoms with Crippen molar-refractivity contribution in [2.75, 3.05) is 67.3 Å². The van der Waals surface area contributed by atoms with Crippen molar-refractivity contribution in [1.29, 1.82) is 0 Å². The fourth-order valence-corrected chi connectivity index (χ4v) is 2.91. The second-order valence-corrected chi connectivity index (χ2v) is 6.14. The molecule has 1 saturated heterocycles. The molecule has 0 saturated carbocycles. The molecule has 27 heavy (non-hydrogen) atoms. The lowest BCUT2D eigenvalue weighted by atomic mass is 10.1. The summed E-state index contributed by atoms with van der Waals surface area (Å²) >= 11 is 0. The summed E-state index contributed by atoms with van der Waals surface area (Å²) in [6, 6.07) is 5.12. The molecule has 0 atom stereocenters. The van der Waals surface area contributed by atoms with Crippen LogP contribution in [-0.4, -0.2) is 88.9 Å². The predicted octanol–water partition coefficient (Wildman–Crippen LogP) is 1.04. The highest BCUT2D eigenvalue weighted by Gasteiger charge is 2.23. The number of methoxy groups -OCH3 is 3. The summed E-state index contributed by atoms with van der Waals surface area (Å²) in [5, 5.41) is 0. The Hall–Kier alpha value is -2.32. The van der Waals surface area contributed by atoms with Crippen molar-refractivity contribution in [3.63, 3.8) is 0 Å². The minimum Gasteiger partial charge on any atom is -0.493 e. The van der Waals surface area contributed by atoms with E-state index in [0.29, 0.717) is 56.5 Å². The molecular weight excluding hydrogens is 352 g/mol. The number of nitrogens with zero attached hydrogens (tertiary/aromatic N) is 2. The van der Waals surface area contributed by atoms with Crippen LogP contribution >= 0.6 is 0 Å². The average molecular weight is 380 g/mol. The molecule has 0 bridgehead atoms. The molecule has 0 aliphatic carbocycles. The maximum absolute atomic E-state index is 12.8. The second-order valence-electron chi connectivity index (χ2n) is 6.14. The van der Waals surface area contributed by atoms with Crippen LogP contribution in [0.25, 0.3) is 0 Å². The fourth-order valence-electron chi connectivity index (χ4n) is 2.91. The Morgan fingerprint density at radius 2 is 1.63 bits per heavy atom. The largest absolute Gasteiger partial charge is 0.493 e. The summed E-state index contributed by atoms with van der Waals surface area (Å²) in [5.41, 5.74) is 0.537. The van der Waals surface area contributed by atoms with Crippen molar-refractivity contribution < 1.29 is 28.5 Å². The first-order valence-electron chi connectivity index (χ1n) is 8.96. The van der Waals surface area contributed by atoms with E-state index in [2.05, 4.69) is 0 Å². The summed E-state index contributed by atoms with van der Waals surface area (Å²) in [6.07, 6.45) is 0.725. The Balaban J connectivity index is 1.93. The number of carbonyl (C=O) groups excluding carboxylic acids is 2. The van der Waals surface area contributed by atoms with Gasteiger partial charge in [-0.25, -0.2) is 0 Å². The van der Waals surface area contributed by atoms with Crippen LogP contribution in [0.3, 0.4) is 0 Å². The monoisotopic (exact) mass is 380 g/mol. The first-order valence-corrected chi connectivity index (χ1v) is 8.96. The summed E-state index contributed by atoms with van der Waals surface area (Å²) in [4.78, 5) is 28.6. The van der Waals surface area contributed by atoms with Gasteiger partial charge in [-0.1, -0.05) is 0 Å². The average Bonchev–Trinajstić information content (AvgIpc) is 2.96. The third-order valence-electron chi connectivity index (χ3n) is 4.42. The molecule has 8 nitrogen and oxygen atoms in total. The summed E-state index contributed by atoms with van der Waals surface area (Å²) < 4.78 is 20.7. The highest BCUT2D eigenvalue weighted by atomic mass is 16.5. The van der Waals surface area contributed by atoms with E-state index in [1.54, 1.807) is 42.2 Å². The number of hydrogen-bond donors (Lipinski definition) is 0. The van der Waals surface area contributed by atoms with Gasteiger partial charge in [0.05, 0.1) is 27.4 Å². The minimum absolute atomic E-state index is 0.0347. The highest BCUT2D eigenvalue weighted by molar-refractivity contribution is 5.95. The molecule has 1 aliphatic heterocycles. The molecule has 1 aromatic rings. The molecule has 0 N–H and O–H groups in total. The van der Waals surface area contributed by atoms with Crippen molar-refractivity contribution in [2.45, 2.75) is 6.42 Å². The van der Waals surface area contributed by atoms with Crippen LogP contribution in [0, 0.1) is 0 Å². The number of amides is 2. The molecular formula is C19H28N2O6. The fraction of sp³-hybridized carbons (Fsp3) is 0.579. The first kappa shape index (κ1) is 21.0. The molecule has 1 fully saturated rings. The third kappa shape index (κ3) is 5.83. The van der Waals surface area contributed by atoms with E-state index in [1.165, 1.54) is 7.11 Å². The van der Waals surface area contributed by atoms with Gasteiger partial charge in [-0.3, -0.25) is 9.59 Å². The zero-order chi connectivity index (χ0) is 19.6. The van der Waals surface area contributed by atoms with Gasteiger partial charge in [0.25, 0.3) is 5.91 Å². The normalized spacial score (nSPS) is 14.6. The maximum Gasteiger partial charge on any atom is 0.254 e. The van der Waals surface area contributed by atoms with E-state index in [1.807, 2.05) is 0 Å².